The van der Waals surface area contributed by atoms with Crippen molar-refractivity contribution in [3.8, 4) is 0 Å². The number of anilines is 1. The highest BCUT2D eigenvalue weighted by atomic mass is 32.2. The molecule has 0 radical (unpaired) electrons. The Morgan fingerprint density at radius 3 is 2.73 bits per heavy atom. The Labute approximate surface area is 132 Å². The fourth-order valence-corrected chi connectivity index (χ4v) is 2.78. The summed E-state index contributed by atoms with van der Waals surface area (Å²) in [6.45, 7) is 0.00605. The van der Waals surface area contributed by atoms with Gasteiger partial charge in [-0.3, -0.25) is 4.79 Å². The lowest BCUT2D eigenvalue weighted by atomic mass is 10.2. The first kappa shape index (κ1) is 16.3. The van der Waals surface area contributed by atoms with E-state index < -0.39 is 10.0 Å². The first-order chi connectivity index (χ1) is 10.6. The van der Waals surface area contributed by atoms with Gasteiger partial charge >= 0.3 is 0 Å². The van der Waals surface area contributed by atoms with E-state index in [0.29, 0.717) is 5.13 Å². The van der Waals surface area contributed by atoms with Crippen LogP contribution in [0.3, 0.4) is 0 Å². The summed E-state index contributed by atoms with van der Waals surface area (Å²) in [7, 11) is -3.57. The number of nitrogens with one attached hydrogen (secondary N) is 2. The van der Waals surface area contributed by atoms with Gasteiger partial charge in [0.25, 0.3) is 0 Å². The monoisotopic (exact) mass is 338 g/mol. The predicted octanol–water partition coefficient (Wildman–Crippen LogP) is 1.46. The molecule has 2 rings (SSSR count). The van der Waals surface area contributed by atoms with Crippen LogP contribution in [-0.4, -0.2) is 31.1 Å². The van der Waals surface area contributed by atoms with Gasteiger partial charge in [-0.05, 0) is 11.6 Å². The Morgan fingerprint density at radius 2 is 2.05 bits per heavy atom. The number of hydrogen-bond donors (Lipinski definition) is 2. The molecule has 0 saturated heterocycles. The molecule has 0 unspecified atom stereocenters. The highest BCUT2D eigenvalue weighted by Gasteiger charge is 2.08. The lowest BCUT2D eigenvalue weighted by molar-refractivity contribution is -0.116. The Balaban J connectivity index is 1.78. The van der Waals surface area contributed by atoms with Gasteiger partial charge in [0.05, 0.1) is 0 Å². The molecule has 0 aliphatic carbocycles. The van der Waals surface area contributed by atoms with E-state index >= 15 is 0 Å². The average molecular weight is 338 g/mol. The molecule has 1 aromatic carbocycles. The second-order valence-electron chi connectivity index (χ2n) is 4.19. The maximum Gasteiger partial charge on any atom is 0.233 e. The summed E-state index contributed by atoms with van der Waals surface area (Å²) < 4.78 is 25.8. The number of hydrogen-bond acceptors (Lipinski definition) is 6. The second kappa shape index (κ2) is 7.78. The molecule has 1 heterocycles. The predicted molar refractivity (Wildman–Crippen MR) is 85.6 cm³/mol. The van der Waals surface area contributed by atoms with Crippen LogP contribution in [0.2, 0.25) is 0 Å². The van der Waals surface area contributed by atoms with E-state index in [4.69, 9.17) is 0 Å². The van der Waals surface area contributed by atoms with Gasteiger partial charge in [0, 0.05) is 18.4 Å². The lowest BCUT2D eigenvalue weighted by Gasteiger charge is -2.03. The van der Waals surface area contributed by atoms with E-state index in [9.17, 15) is 13.2 Å². The number of aromatic nitrogens is 2. The zero-order valence-electron chi connectivity index (χ0n) is 11.5. The van der Waals surface area contributed by atoms with Crippen molar-refractivity contribution < 1.29 is 13.2 Å². The van der Waals surface area contributed by atoms with Crippen molar-refractivity contribution in [2.24, 2.45) is 0 Å². The summed E-state index contributed by atoms with van der Waals surface area (Å²) in [6, 6.07) is 9.07. The minimum Gasteiger partial charge on any atom is -0.300 e. The van der Waals surface area contributed by atoms with Gasteiger partial charge in [-0.25, -0.2) is 13.1 Å². The van der Waals surface area contributed by atoms with Crippen LogP contribution in [0.15, 0.2) is 41.3 Å². The van der Waals surface area contributed by atoms with E-state index in [1.165, 1.54) is 22.9 Å². The second-order valence-corrected chi connectivity index (χ2v) is 6.68. The largest absolute Gasteiger partial charge is 0.300 e. The van der Waals surface area contributed by atoms with Gasteiger partial charge in [0.2, 0.25) is 21.1 Å². The van der Waals surface area contributed by atoms with E-state index in [-0.39, 0.29) is 18.9 Å². The molecule has 2 aromatic rings. The molecule has 0 aliphatic heterocycles. The van der Waals surface area contributed by atoms with Crippen molar-refractivity contribution in [2.75, 3.05) is 11.9 Å². The molecule has 0 spiro atoms. The fraction of sp³-hybridized carbons (Fsp3) is 0.154. The first-order valence-electron chi connectivity index (χ1n) is 6.34. The summed E-state index contributed by atoms with van der Waals surface area (Å²) in [6.07, 6.45) is 1.50. The van der Waals surface area contributed by atoms with Crippen LogP contribution in [0.1, 0.15) is 12.0 Å². The van der Waals surface area contributed by atoms with Crippen molar-refractivity contribution >= 4 is 38.5 Å². The number of nitrogens with zero attached hydrogens (tertiary/aromatic N) is 2. The Kier molecular flexibility index (Phi) is 5.75. The smallest absolute Gasteiger partial charge is 0.233 e. The minimum absolute atomic E-state index is 0.00605. The Bertz CT molecular complexity index is 728. The maximum atomic E-state index is 11.8. The van der Waals surface area contributed by atoms with Gasteiger partial charge in [-0.15, -0.1) is 10.2 Å². The maximum absolute atomic E-state index is 11.8. The number of rotatable bonds is 7. The lowest BCUT2D eigenvalue weighted by Crippen LogP contribution is -2.26. The number of carbonyl (C=O) groups is 1. The van der Waals surface area contributed by atoms with Crippen molar-refractivity contribution in [3.63, 3.8) is 0 Å². The molecular formula is C13H14N4O3S2. The van der Waals surface area contributed by atoms with Crippen LogP contribution >= 0.6 is 11.3 Å². The summed E-state index contributed by atoms with van der Waals surface area (Å²) in [5, 5.41) is 11.2. The molecule has 9 heteroatoms. The highest BCUT2D eigenvalue weighted by molar-refractivity contribution is 7.92. The van der Waals surface area contributed by atoms with Crippen LogP contribution in [0.4, 0.5) is 5.13 Å². The van der Waals surface area contributed by atoms with Gasteiger partial charge in [0.1, 0.15) is 5.51 Å². The van der Waals surface area contributed by atoms with Crippen molar-refractivity contribution in [3.05, 3.63) is 46.8 Å². The summed E-state index contributed by atoms with van der Waals surface area (Å²) in [5.74, 6) is -0.327. The molecule has 1 amide bonds. The molecule has 1 aromatic heterocycles. The number of benzene rings is 1. The third-order valence-electron chi connectivity index (χ3n) is 2.50. The summed E-state index contributed by atoms with van der Waals surface area (Å²) >= 11 is 1.19. The zero-order chi connectivity index (χ0) is 15.8. The quantitative estimate of drug-likeness (QED) is 0.796. The minimum atomic E-state index is -3.57. The fourth-order valence-electron chi connectivity index (χ4n) is 1.50. The van der Waals surface area contributed by atoms with Crippen LogP contribution in [0.5, 0.6) is 0 Å². The topological polar surface area (TPSA) is 101 Å². The SMILES string of the molecule is O=C(CCNS(=O)(=O)/C=C/c1ccccc1)Nc1nncs1. The number of amides is 1. The van der Waals surface area contributed by atoms with Gasteiger partial charge in [-0.1, -0.05) is 41.7 Å². The zero-order valence-corrected chi connectivity index (χ0v) is 13.1. The highest BCUT2D eigenvalue weighted by Crippen LogP contribution is 2.08. The first-order valence-corrected chi connectivity index (χ1v) is 8.76. The average Bonchev–Trinajstić information content (AvgIpc) is 2.99. The molecule has 0 aliphatic rings. The summed E-state index contributed by atoms with van der Waals surface area (Å²) in [4.78, 5) is 11.6. The molecule has 0 atom stereocenters. The van der Waals surface area contributed by atoms with Crippen molar-refractivity contribution in [1.29, 1.82) is 0 Å². The van der Waals surface area contributed by atoms with Crippen LogP contribution in [0, 0.1) is 0 Å². The van der Waals surface area contributed by atoms with Crippen LogP contribution < -0.4 is 10.0 Å². The Hall–Kier alpha value is -2.10. The number of sulfonamides is 1. The van der Waals surface area contributed by atoms with Gasteiger partial charge < -0.3 is 5.32 Å². The Morgan fingerprint density at radius 1 is 1.27 bits per heavy atom. The standard InChI is InChI=1S/C13H14N4O3S2/c18-12(16-13-17-14-10-21-13)6-8-15-22(19,20)9-7-11-4-2-1-3-5-11/h1-5,7,9-10,15H,6,8H2,(H,16,17,18)/b9-7+. The molecule has 0 bridgehead atoms. The van der Waals surface area contributed by atoms with E-state index in [0.717, 1.165) is 11.0 Å². The van der Waals surface area contributed by atoms with E-state index in [1.54, 1.807) is 12.1 Å². The van der Waals surface area contributed by atoms with E-state index in [1.807, 2.05) is 18.2 Å². The van der Waals surface area contributed by atoms with Crippen LogP contribution in [0.25, 0.3) is 6.08 Å². The number of carbonyl (C=O) groups excluding carboxylic acids is 1. The van der Waals surface area contributed by atoms with Gasteiger partial charge in [-0.2, -0.15) is 0 Å². The third kappa shape index (κ3) is 5.72. The summed E-state index contributed by atoms with van der Waals surface area (Å²) in [5.41, 5.74) is 2.27. The van der Waals surface area contributed by atoms with E-state index in [2.05, 4.69) is 20.2 Å². The molecule has 0 saturated carbocycles. The van der Waals surface area contributed by atoms with Crippen LogP contribution in [-0.2, 0) is 14.8 Å². The molecular weight excluding hydrogens is 324 g/mol. The normalized spacial score (nSPS) is 11.6. The molecule has 7 nitrogen and oxygen atoms in total. The molecule has 0 fully saturated rings. The molecule has 2 N–H and O–H groups in total. The van der Waals surface area contributed by atoms with Crippen molar-refractivity contribution in [1.82, 2.24) is 14.9 Å². The van der Waals surface area contributed by atoms with Gasteiger partial charge in [0.15, 0.2) is 0 Å². The third-order valence-corrected chi connectivity index (χ3v) is 4.21. The van der Waals surface area contributed by atoms with Crippen molar-refractivity contribution in [2.45, 2.75) is 6.42 Å². The molecule has 116 valence electrons. The molecule has 22 heavy (non-hydrogen) atoms.